The second-order valence-electron chi connectivity index (χ2n) is 4.15. The van der Waals surface area contributed by atoms with E-state index < -0.39 is 11.9 Å². The first-order chi connectivity index (χ1) is 9.41. The number of carbonyl (C=O) groups is 1. The highest BCUT2D eigenvalue weighted by atomic mass is 19.4. The summed E-state index contributed by atoms with van der Waals surface area (Å²) < 4.78 is 41.0. The number of ether oxygens (including phenoxy) is 1. The van der Waals surface area contributed by atoms with Crippen LogP contribution >= 0.6 is 0 Å². The van der Waals surface area contributed by atoms with Gasteiger partial charge in [0.1, 0.15) is 5.70 Å². The second kappa shape index (κ2) is 10.5. The van der Waals surface area contributed by atoms with Gasteiger partial charge in [0.05, 0.1) is 13.5 Å². The van der Waals surface area contributed by atoms with Gasteiger partial charge in [0.25, 0.3) is 0 Å². The van der Waals surface area contributed by atoms with E-state index in [4.69, 9.17) is 5.21 Å². The number of nitrogens with one attached hydrogen (secondary N) is 2. The van der Waals surface area contributed by atoms with Crippen LogP contribution < -0.4 is 10.8 Å². The highest BCUT2D eigenvalue weighted by molar-refractivity contribution is 5.69. The summed E-state index contributed by atoms with van der Waals surface area (Å²) in [6.45, 7) is 1.23. The summed E-state index contributed by atoms with van der Waals surface area (Å²) in [7, 11) is 1.33. The number of hydrogen-bond donors (Lipinski definition) is 3. The molecule has 0 radical (unpaired) electrons. The molecule has 0 aromatic rings. The van der Waals surface area contributed by atoms with E-state index in [9.17, 15) is 18.0 Å². The van der Waals surface area contributed by atoms with Crippen molar-refractivity contribution in [3.63, 3.8) is 0 Å². The van der Waals surface area contributed by atoms with Crippen LogP contribution in [0.25, 0.3) is 0 Å². The van der Waals surface area contributed by atoms with Gasteiger partial charge in [-0.1, -0.05) is 12.5 Å². The number of hydrogen-bond acceptors (Lipinski definition) is 5. The number of esters is 1. The van der Waals surface area contributed by atoms with Crippen molar-refractivity contribution in [1.82, 2.24) is 10.8 Å². The van der Waals surface area contributed by atoms with E-state index in [1.165, 1.54) is 7.11 Å². The predicted molar refractivity (Wildman–Crippen MR) is 67.0 cm³/mol. The average molecular weight is 298 g/mol. The average Bonchev–Trinajstić information content (AvgIpc) is 2.39. The van der Waals surface area contributed by atoms with Crippen LogP contribution in [0, 0.1) is 0 Å². The fourth-order valence-corrected chi connectivity index (χ4v) is 1.46. The number of methoxy groups -OCH3 is 1. The lowest BCUT2D eigenvalue weighted by Crippen LogP contribution is -2.23. The van der Waals surface area contributed by atoms with Crippen LogP contribution in [0.1, 0.15) is 32.1 Å². The minimum Gasteiger partial charge on any atom is -0.469 e. The van der Waals surface area contributed by atoms with Gasteiger partial charge in [0.15, 0.2) is 0 Å². The Morgan fingerprint density at radius 1 is 1.25 bits per heavy atom. The molecule has 0 bridgehead atoms. The molecule has 0 aliphatic carbocycles. The van der Waals surface area contributed by atoms with E-state index in [0.717, 1.165) is 24.4 Å². The molecule has 3 N–H and O–H groups in total. The van der Waals surface area contributed by atoms with Gasteiger partial charge in [-0.2, -0.15) is 13.2 Å². The first kappa shape index (κ1) is 18.7. The normalized spacial score (nSPS) is 12.3. The number of alkyl halides is 3. The minimum absolute atomic E-state index is 0.241. The molecule has 20 heavy (non-hydrogen) atoms. The Bertz CT molecular complexity index is 307. The van der Waals surface area contributed by atoms with E-state index in [-0.39, 0.29) is 12.4 Å². The molecule has 118 valence electrons. The van der Waals surface area contributed by atoms with Crippen LogP contribution in [0.3, 0.4) is 0 Å². The van der Waals surface area contributed by atoms with Crippen molar-refractivity contribution >= 4 is 5.97 Å². The molecule has 0 aromatic heterocycles. The van der Waals surface area contributed by atoms with Crippen LogP contribution in [-0.2, 0) is 9.53 Å². The number of hydroxylamine groups is 1. The highest BCUT2D eigenvalue weighted by Gasteiger charge is 2.33. The molecule has 0 aliphatic rings. The second-order valence-corrected chi connectivity index (χ2v) is 4.15. The quantitative estimate of drug-likeness (QED) is 0.327. The maximum Gasteiger partial charge on any atom is 0.432 e. The van der Waals surface area contributed by atoms with Crippen LogP contribution in [0.5, 0.6) is 0 Å². The Morgan fingerprint density at radius 2 is 1.95 bits per heavy atom. The molecule has 0 rings (SSSR count). The lowest BCUT2D eigenvalue weighted by atomic mass is 10.1. The molecule has 0 aliphatic heterocycles. The molecule has 0 aromatic carbocycles. The van der Waals surface area contributed by atoms with Crippen molar-refractivity contribution in [3.05, 3.63) is 11.8 Å². The maximum absolute atomic E-state index is 12.2. The zero-order valence-corrected chi connectivity index (χ0v) is 11.4. The molecule has 8 heteroatoms. The topological polar surface area (TPSA) is 70.6 Å². The summed E-state index contributed by atoms with van der Waals surface area (Å²) in [5, 5.41) is 11.4. The van der Waals surface area contributed by atoms with Gasteiger partial charge in [-0.25, -0.2) is 0 Å². The smallest absolute Gasteiger partial charge is 0.432 e. The predicted octanol–water partition coefficient (Wildman–Crippen LogP) is 2.12. The summed E-state index contributed by atoms with van der Waals surface area (Å²) in [5.74, 6) is -0.279. The van der Waals surface area contributed by atoms with Gasteiger partial charge in [-0.05, 0) is 25.8 Å². The molecule has 0 saturated carbocycles. The summed E-state index contributed by atoms with van der Waals surface area (Å²) in [5.41, 5.74) is 0.0261. The van der Waals surface area contributed by atoms with Gasteiger partial charge in [-0.3, -0.25) is 15.5 Å². The monoisotopic (exact) mass is 298 g/mol. The lowest BCUT2D eigenvalue weighted by Gasteiger charge is -2.09. The van der Waals surface area contributed by atoms with E-state index in [0.29, 0.717) is 25.9 Å². The molecule has 0 heterocycles. The van der Waals surface area contributed by atoms with Crippen LogP contribution in [0.2, 0.25) is 0 Å². The third-order valence-corrected chi connectivity index (χ3v) is 2.57. The van der Waals surface area contributed by atoms with E-state index in [1.54, 1.807) is 0 Å². The number of unbranched alkanes of at least 4 members (excludes halogenated alkanes) is 3. The summed E-state index contributed by atoms with van der Waals surface area (Å²) in [4.78, 5) is 10.8. The molecule has 0 unspecified atom stereocenters. The summed E-state index contributed by atoms with van der Waals surface area (Å²) >= 11 is 0. The molecule has 0 atom stereocenters. The largest absolute Gasteiger partial charge is 0.469 e. The standard InChI is InChI=1S/C12H21F3N2O3/c1-20-11(18)7-9-16-8-5-3-2-4-6-10(17-19)12(13,14)15/h6,16-17,19H,2-5,7-9H2,1H3/b10-6-. The van der Waals surface area contributed by atoms with Crippen LogP contribution in [-0.4, -0.2) is 37.6 Å². The van der Waals surface area contributed by atoms with E-state index >= 15 is 0 Å². The fraction of sp³-hybridized carbons (Fsp3) is 0.750. The van der Waals surface area contributed by atoms with Crippen molar-refractivity contribution in [1.29, 1.82) is 0 Å². The zero-order chi connectivity index (χ0) is 15.4. The molecular formula is C12H21F3N2O3. The molecule has 0 fully saturated rings. The first-order valence-electron chi connectivity index (χ1n) is 6.36. The van der Waals surface area contributed by atoms with Gasteiger partial charge in [0.2, 0.25) is 0 Å². The number of halogens is 3. The number of rotatable bonds is 10. The molecule has 5 nitrogen and oxygen atoms in total. The zero-order valence-electron chi connectivity index (χ0n) is 11.4. The van der Waals surface area contributed by atoms with Crippen molar-refractivity contribution in [2.75, 3.05) is 20.2 Å². The first-order valence-corrected chi connectivity index (χ1v) is 6.36. The molecule has 0 saturated heterocycles. The Labute approximate surface area is 116 Å². The van der Waals surface area contributed by atoms with Crippen molar-refractivity contribution in [2.24, 2.45) is 0 Å². The molecule has 0 amide bonds. The summed E-state index contributed by atoms with van der Waals surface area (Å²) in [6, 6.07) is 0. The van der Waals surface area contributed by atoms with Crippen LogP contribution in [0.4, 0.5) is 13.2 Å². The van der Waals surface area contributed by atoms with Crippen LogP contribution in [0.15, 0.2) is 11.8 Å². The van der Waals surface area contributed by atoms with Crippen molar-refractivity contribution < 1.29 is 27.9 Å². The van der Waals surface area contributed by atoms with Crippen molar-refractivity contribution in [2.45, 2.75) is 38.3 Å². The van der Waals surface area contributed by atoms with E-state index in [1.807, 2.05) is 0 Å². The van der Waals surface area contributed by atoms with E-state index in [2.05, 4.69) is 10.1 Å². The Balaban J connectivity index is 3.53. The lowest BCUT2D eigenvalue weighted by molar-refractivity contribution is -0.140. The minimum atomic E-state index is -4.55. The Morgan fingerprint density at radius 3 is 2.50 bits per heavy atom. The summed E-state index contributed by atoms with van der Waals surface area (Å²) in [6.07, 6.45) is -0.906. The third kappa shape index (κ3) is 9.62. The third-order valence-electron chi connectivity index (χ3n) is 2.57. The molecular weight excluding hydrogens is 277 g/mol. The molecule has 0 spiro atoms. The maximum atomic E-state index is 12.2. The van der Waals surface area contributed by atoms with Crippen molar-refractivity contribution in [3.8, 4) is 0 Å². The fourth-order valence-electron chi connectivity index (χ4n) is 1.46. The van der Waals surface area contributed by atoms with Gasteiger partial charge in [-0.15, -0.1) is 0 Å². The van der Waals surface area contributed by atoms with Gasteiger partial charge >= 0.3 is 12.1 Å². The number of allylic oxidation sites excluding steroid dienone is 2. The highest BCUT2D eigenvalue weighted by Crippen LogP contribution is 2.23. The van der Waals surface area contributed by atoms with Gasteiger partial charge in [0, 0.05) is 6.54 Å². The number of carbonyl (C=O) groups excluding carboxylic acids is 1. The SMILES string of the molecule is COC(=O)CCNCCCCC/C=C(\NO)C(F)(F)F. The Kier molecular flexibility index (Phi) is 9.83. The Hall–Kier alpha value is -1.28. The van der Waals surface area contributed by atoms with Gasteiger partial charge < -0.3 is 10.1 Å².